The summed E-state index contributed by atoms with van der Waals surface area (Å²) < 4.78 is 7.01. The summed E-state index contributed by atoms with van der Waals surface area (Å²) in [5.41, 5.74) is -0.279. The van der Waals surface area contributed by atoms with Crippen LogP contribution in [0, 0.1) is 0 Å². The highest BCUT2D eigenvalue weighted by molar-refractivity contribution is 5.92. The quantitative estimate of drug-likeness (QED) is 0.917. The summed E-state index contributed by atoms with van der Waals surface area (Å²) in [6, 6.07) is 2.27. The maximum Gasteiger partial charge on any atom is 0.274 e. The third-order valence-corrected chi connectivity index (χ3v) is 4.92. The number of piperidine rings is 1. The topological polar surface area (TPSA) is 67.6 Å². The molecule has 0 bridgehead atoms. The van der Waals surface area contributed by atoms with Crippen molar-refractivity contribution in [2.45, 2.75) is 50.2 Å². The SMILES string of the molecule is COCC1(O)CCN(C(=O)c2ccn(C3CCCC3)n2)CC1. The van der Waals surface area contributed by atoms with Gasteiger partial charge in [-0.3, -0.25) is 9.48 Å². The monoisotopic (exact) mass is 307 g/mol. The van der Waals surface area contributed by atoms with Crippen LogP contribution in [0.1, 0.15) is 55.1 Å². The standard InChI is InChI=1S/C16H25N3O3/c1-22-12-16(21)7-10-18(11-8-16)15(20)14-6-9-19(17-14)13-4-2-3-5-13/h6,9,13,21H,2-5,7-8,10-12H2,1H3. The van der Waals surface area contributed by atoms with Crippen molar-refractivity contribution in [2.75, 3.05) is 26.8 Å². The van der Waals surface area contributed by atoms with Crippen LogP contribution in [-0.2, 0) is 4.74 Å². The molecule has 122 valence electrons. The first kappa shape index (κ1) is 15.5. The predicted octanol–water partition coefficient (Wildman–Crippen LogP) is 1.61. The van der Waals surface area contributed by atoms with E-state index in [1.807, 2.05) is 16.9 Å². The minimum absolute atomic E-state index is 0.0313. The van der Waals surface area contributed by atoms with E-state index in [2.05, 4.69) is 5.10 Å². The summed E-state index contributed by atoms with van der Waals surface area (Å²) >= 11 is 0. The molecule has 1 aromatic heterocycles. The van der Waals surface area contributed by atoms with Gasteiger partial charge in [-0.15, -0.1) is 0 Å². The summed E-state index contributed by atoms with van der Waals surface area (Å²) in [7, 11) is 1.59. The van der Waals surface area contributed by atoms with E-state index in [9.17, 15) is 9.90 Å². The zero-order chi connectivity index (χ0) is 15.6. The van der Waals surface area contributed by atoms with Gasteiger partial charge in [0.15, 0.2) is 0 Å². The Kier molecular flexibility index (Phi) is 4.49. The van der Waals surface area contributed by atoms with E-state index in [0.29, 0.717) is 44.3 Å². The second kappa shape index (κ2) is 6.38. The van der Waals surface area contributed by atoms with Crippen LogP contribution in [0.5, 0.6) is 0 Å². The van der Waals surface area contributed by atoms with Crippen LogP contribution in [0.25, 0.3) is 0 Å². The fourth-order valence-electron chi connectivity index (χ4n) is 3.53. The molecular formula is C16H25N3O3. The van der Waals surface area contributed by atoms with Gasteiger partial charge in [0.05, 0.1) is 18.2 Å². The average molecular weight is 307 g/mol. The third-order valence-electron chi connectivity index (χ3n) is 4.92. The lowest BCUT2D eigenvalue weighted by atomic mass is 9.92. The fourth-order valence-corrected chi connectivity index (χ4v) is 3.53. The van der Waals surface area contributed by atoms with Gasteiger partial charge in [0, 0.05) is 26.4 Å². The number of ether oxygens (including phenoxy) is 1. The largest absolute Gasteiger partial charge is 0.387 e. The van der Waals surface area contributed by atoms with Gasteiger partial charge in [0.25, 0.3) is 5.91 Å². The molecule has 2 heterocycles. The minimum atomic E-state index is -0.797. The molecule has 1 saturated carbocycles. The zero-order valence-electron chi connectivity index (χ0n) is 13.2. The van der Waals surface area contributed by atoms with Crippen LogP contribution in [0.3, 0.4) is 0 Å². The average Bonchev–Trinajstić information content (AvgIpc) is 3.18. The van der Waals surface area contributed by atoms with Crippen molar-refractivity contribution in [3.8, 4) is 0 Å². The lowest BCUT2D eigenvalue weighted by Gasteiger charge is -2.37. The first-order valence-electron chi connectivity index (χ1n) is 8.17. The van der Waals surface area contributed by atoms with Gasteiger partial charge in [-0.2, -0.15) is 5.10 Å². The Hall–Kier alpha value is -1.40. The van der Waals surface area contributed by atoms with Crippen molar-refractivity contribution in [3.05, 3.63) is 18.0 Å². The number of rotatable bonds is 4. The van der Waals surface area contributed by atoms with E-state index in [0.717, 1.165) is 12.8 Å². The van der Waals surface area contributed by atoms with Crippen LogP contribution in [0.4, 0.5) is 0 Å². The van der Waals surface area contributed by atoms with E-state index >= 15 is 0 Å². The van der Waals surface area contributed by atoms with Crippen molar-refractivity contribution < 1.29 is 14.6 Å². The van der Waals surface area contributed by atoms with Crippen molar-refractivity contribution in [3.63, 3.8) is 0 Å². The Labute approximate surface area is 131 Å². The molecule has 0 aromatic carbocycles. The number of likely N-dealkylation sites (tertiary alicyclic amines) is 1. The molecule has 0 unspecified atom stereocenters. The van der Waals surface area contributed by atoms with E-state index in [-0.39, 0.29) is 5.91 Å². The Morgan fingerprint density at radius 3 is 2.73 bits per heavy atom. The van der Waals surface area contributed by atoms with Gasteiger partial charge in [0.2, 0.25) is 0 Å². The highest BCUT2D eigenvalue weighted by Gasteiger charge is 2.34. The van der Waals surface area contributed by atoms with Crippen LogP contribution >= 0.6 is 0 Å². The van der Waals surface area contributed by atoms with Crippen LogP contribution < -0.4 is 0 Å². The summed E-state index contributed by atoms with van der Waals surface area (Å²) in [5, 5.41) is 14.8. The number of hydrogen-bond donors (Lipinski definition) is 1. The fraction of sp³-hybridized carbons (Fsp3) is 0.750. The number of carbonyl (C=O) groups excluding carboxylic acids is 1. The smallest absolute Gasteiger partial charge is 0.274 e. The molecule has 2 fully saturated rings. The summed E-state index contributed by atoms with van der Waals surface area (Å²) in [6.07, 6.45) is 7.84. The molecule has 1 aliphatic carbocycles. The van der Waals surface area contributed by atoms with E-state index in [1.54, 1.807) is 12.0 Å². The Morgan fingerprint density at radius 1 is 1.41 bits per heavy atom. The molecule has 1 N–H and O–H groups in total. The Bertz CT molecular complexity index is 514. The summed E-state index contributed by atoms with van der Waals surface area (Å²) in [5.74, 6) is -0.0313. The van der Waals surface area contributed by atoms with Crippen LogP contribution in [0.2, 0.25) is 0 Å². The number of hydrogen-bond acceptors (Lipinski definition) is 4. The molecule has 1 aliphatic heterocycles. The summed E-state index contributed by atoms with van der Waals surface area (Å²) in [6.45, 7) is 1.43. The maximum atomic E-state index is 12.5. The van der Waals surface area contributed by atoms with Gasteiger partial charge >= 0.3 is 0 Å². The van der Waals surface area contributed by atoms with Crippen molar-refractivity contribution >= 4 is 5.91 Å². The van der Waals surface area contributed by atoms with Gasteiger partial charge in [0.1, 0.15) is 5.69 Å². The number of carbonyl (C=O) groups is 1. The second-order valence-electron chi connectivity index (χ2n) is 6.57. The molecule has 0 atom stereocenters. The van der Waals surface area contributed by atoms with Crippen LogP contribution in [-0.4, -0.2) is 58.1 Å². The number of aliphatic hydroxyl groups is 1. The molecule has 2 aliphatic rings. The number of aromatic nitrogens is 2. The predicted molar refractivity (Wildman–Crippen MR) is 81.7 cm³/mol. The van der Waals surface area contributed by atoms with E-state index in [1.165, 1.54) is 12.8 Å². The summed E-state index contributed by atoms with van der Waals surface area (Å²) in [4.78, 5) is 14.3. The number of methoxy groups -OCH3 is 1. The zero-order valence-corrected chi connectivity index (χ0v) is 13.2. The molecule has 6 heteroatoms. The minimum Gasteiger partial charge on any atom is -0.387 e. The van der Waals surface area contributed by atoms with Crippen LogP contribution in [0.15, 0.2) is 12.3 Å². The number of nitrogens with zero attached hydrogens (tertiary/aromatic N) is 3. The molecule has 6 nitrogen and oxygen atoms in total. The molecule has 22 heavy (non-hydrogen) atoms. The lowest BCUT2D eigenvalue weighted by molar-refractivity contribution is -0.0663. The normalized spacial score (nSPS) is 22.2. The third kappa shape index (κ3) is 3.17. The molecule has 3 rings (SSSR count). The Morgan fingerprint density at radius 2 is 2.09 bits per heavy atom. The van der Waals surface area contributed by atoms with E-state index in [4.69, 9.17) is 4.74 Å². The van der Waals surface area contributed by atoms with Crippen molar-refractivity contribution in [1.82, 2.24) is 14.7 Å². The van der Waals surface area contributed by atoms with Gasteiger partial charge in [-0.05, 0) is 31.7 Å². The van der Waals surface area contributed by atoms with Gasteiger partial charge in [-0.1, -0.05) is 12.8 Å². The highest BCUT2D eigenvalue weighted by atomic mass is 16.5. The maximum absolute atomic E-state index is 12.5. The molecule has 1 amide bonds. The molecule has 0 radical (unpaired) electrons. The van der Waals surface area contributed by atoms with Crippen molar-refractivity contribution in [2.24, 2.45) is 0 Å². The van der Waals surface area contributed by atoms with Gasteiger partial charge in [-0.25, -0.2) is 0 Å². The molecule has 1 saturated heterocycles. The Balaban J connectivity index is 1.60. The van der Waals surface area contributed by atoms with Gasteiger partial charge < -0.3 is 14.7 Å². The van der Waals surface area contributed by atoms with E-state index < -0.39 is 5.60 Å². The second-order valence-corrected chi connectivity index (χ2v) is 6.57. The lowest BCUT2D eigenvalue weighted by Crippen LogP contribution is -2.48. The molecule has 1 aromatic rings. The first-order chi connectivity index (χ1) is 10.6. The molecule has 0 spiro atoms. The number of amides is 1. The molecular weight excluding hydrogens is 282 g/mol. The highest BCUT2D eigenvalue weighted by Crippen LogP contribution is 2.29. The van der Waals surface area contributed by atoms with Crippen molar-refractivity contribution in [1.29, 1.82) is 0 Å². The first-order valence-corrected chi connectivity index (χ1v) is 8.17.